The summed E-state index contributed by atoms with van der Waals surface area (Å²) in [5.74, 6) is -0.596. The molecule has 0 bridgehead atoms. The first-order valence-electron chi connectivity index (χ1n) is 9.55. The molecule has 1 atom stereocenters. The Bertz CT molecular complexity index is 1120. The fraction of sp³-hybridized carbons (Fsp3) is 0.174. The second kappa shape index (κ2) is 10.0. The highest BCUT2D eigenvalue weighted by molar-refractivity contribution is 7.92. The number of benzene rings is 3. The fourth-order valence-corrected chi connectivity index (χ4v) is 3.83. The highest BCUT2D eigenvalue weighted by atomic mass is 32.2. The normalized spacial score (nSPS) is 12.8. The van der Waals surface area contributed by atoms with Crippen LogP contribution in [-0.2, 0) is 14.8 Å². The molecule has 0 heterocycles. The Morgan fingerprint density at radius 1 is 1.00 bits per heavy atom. The molecule has 0 amide bonds. The van der Waals surface area contributed by atoms with E-state index in [4.69, 9.17) is 4.74 Å². The van der Waals surface area contributed by atoms with Crippen LogP contribution in [0.5, 0.6) is 5.75 Å². The van der Waals surface area contributed by atoms with Crippen molar-refractivity contribution in [2.45, 2.75) is 18.9 Å². The molecule has 0 aliphatic heterocycles. The Balaban J connectivity index is 1.55. The van der Waals surface area contributed by atoms with Crippen molar-refractivity contribution in [2.24, 2.45) is 0 Å². The summed E-state index contributed by atoms with van der Waals surface area (Å²) in [5.41, 5.74) is 0.775. The minimum atomic E-state index is -3.60. The van der Waals surface area contributed by atoms with Gasteiger partial charge in [0.2, 0.25) is 10.0 Å². The SMILES string of the molecule is O=C(O)C(CCCNS(=O)(=O)C=Cc1ccccc1)Oc1cccc2ccccc12. The van der Waals surface area contributed by atoms with E-state index in [-0.39, 0.29) is 13.0 Å². The van der Waals surface area contributed by atoms with Crippen molar-refractivity contribution in [3.05, 3.63) is 83.8 Å². The number of ether oxygens (including phenoxy) is 1. The second-order valence-electron chi connectivity index (χ2n) is 6.72. The fourth-order valence-electron chi connectivity index (χ4n) is 2.97. The Morgan fingerprint density at radius 3 is 2.47 bits per heavy atom. The number of nitrogens with one attached hydrogen (secondary N) is 1. The van der Waals surface area contributed by atoms with Gasteiger partial charge in [0.1, 0.15) is 5.75 Å². The summed E-state index contributed by atoms with van der Waals surface area (Å²) in [5, 5.41) is 12.4. The number of sulfonamides is 1. The largest absolute Gasteiger partial charge is 0.479 e. The van der Waals surface area contributed by atoms with Crippen LogP contribution in [0.1, 0.15) is 18.4 Å². The summed E-state index contributed by atoms with van der Waals surface area (Å²) in [4.78, 5) is 11.6. The molecule has 3 rings (SSSR count). The number of aliphatic carboxylic acids is 1. The summed E-state index contributed by atoms with van der Waals surface area (Å²) >= 11 is 0. The lowest BCUT2D eigenvalue weighted by Gasteiger charge is -2.16. The Kier molecular flexibility index (Phi) is 7.21. The molecule has 0 spiro atoms. The Morgan fingerprint density at radius 2 is 1.70 bits per heavy atom. The highest BCUT2D eigenvalue weighted by Gasteiger charge is 2.20. The van der Waals surface area contributed by atoms with Crippen molar-refractivity contribution in [1.29, 1.82) is 0 Å². The molecular weight excluding hydrogens is 402 g/mol. The molecule has 0 aliphatic rings. The second-order valence-corrected chi connectivity index (χ2v) is 8.37. The van der Waals surface area contributed by atoms with Gasteiger partial charge in [-0.1, -0.05) is 66.7 Å². The Hall–Kier alpha value is -3.16. The third kappa shape index (κ3) is 6.17. The van der Waals surface area contributed by atoms with E-state index in [9.17, 15) is 18.3 Å². The van der Waals surface area contributed by atoms with Crippen LogP contribution in [0.4, 0.5) is 0 Å². The molecule has 0 fully saturated rings. The number of hydrogen-bond acceptors (Lipinski definition) is 4. The van der Waals surface area contributed by atoms with E-state index >= 15 is 0 Å². The molecule has 2 N–H and O–H groups in total. The van der Waals surface area contributed by atoms with Crippen molar-refractivity contribution in [1.82, 2.24) is 4.72 Å². The third-order valence-electron chi connectivity index (χ3n) is 4.48. The van der Waals surface area contributed by atoms with Crippen LogP contribution in [0.25, 0.3) is 16.8 Å². The van der Waals surface area contributed by atoms with Crippen molar-refractivity contribution in [3.8, 4) is 5.75 Å². The van der Waals surface area contributed by atoms with Gasteiger partial charge < -0.3 is 9.84 Å². The molecule has 1 unspecified atom stereocenters. The minimum absolute atomic E-state index is 0.115. The number of rotatable bonds is 10. The summed E-state index contributed by atoms with van der Waals surface area (Å²) in [6.07, 6.45) is 0.926. The van der Waals surface area contributed by atoms with E-state index in [0.717, 1.165) is 21.7 Å². The van der Waals surface area contributed by atoms with Crippen LogP contribution >= 0.6 is 0 Å². The van der Waals surface area contributed by atoms with Crippen LogP contribution in [0.3, 0.4) is 0 Å². The quantitative estimate of drug-likeness (QED) is 0.478. The maximum absolute atomic E-state index is 12.1. The predicted octanol–water partition coefficient (Wildman–Crippen LogP) is 4.04. The van der Waals surface area contributed by atoms with Gasteiger partial charge in [0, 0.05) is 17.3 Å². The maximum Gasteiger partial charge on any atom is 0.344 e. The summed E-state index contributed by atoms with van der Waals surface area (Å²) < 4.78 is 32.3. The van der Waals surface area contributed by atoms with Crippen LogP contribution in [0, 0.1) is 0 Å². The predicted molar refractivity (Wildman–Crippen MR) is 118 cm³/mol. The van der Waals surface area contributed by atoms with Gasteiger partial charge >= 0.3 is 5.97 Å². The average molecular weight is 426 g/mol. The summed E-state index contributed by atoms with van der Waals surface area (Å²) in [6, 6.07) is 22.1. The van der Waals surface area contributed by atoms with Crippen LogP contribution in [0.2, 0.25) is 0 Å². The lowest BCUT2D eigenvalue weighted by atomic mass is 10.1. The highest BCUT2D eigenvalue weighted by Crippen LogP contribution is 2.26. The van der Waals surface area contributed by atoms with Crippen molar-refractivity contribution < 1.29 is 23.1 Å². The van der Waals surface area contributed by atoms with Crippen molar-refractivity contribution >= 4 is 32.8 Å². The molecule has 30 heavy (non-hydrogen) atoms. The molecule has 3 aromatic carbocycles. The number of carbonyl (C=O) groups is 1. The van der Waals surface area contributed by atoms with Gasteiger partial charge in [0.15, 0.2) is 6.10 Å². The van der Waals surface area contributed by atoms with Crippen LogP contribution < -0.4 is 9.46 Å². The molecule has 6 nitrogen and oxygen atoms in total. The first kappa shape index (κ1) is 21.5. The zero-order chi connectivity index (χ0) is 21.4. The smallest absolute Gasteiger partial charge is 0.344 e. The zero-order valence-electron chi connectivity index (χ0n) is 16.3. The van der Waals surface area contributed by atoms with Gasteiger partial charge in [-0.25, -0.2) is 17.9 Å². The molecular formula is C23H23NO5S. The zero-order valence-corrected chi connectivity index (χ0v) is 17.1. The summed E-state index contributed by atoms with van der Waals surface area (Å²) in [7, 11) is -3.60. The number of hydrogen-bond donors (Lipinski definition) is 2. The maximum atomic E-state index is 12.1. The summed E-state index contributed by atoms with van der Waals surface area (Å²) in [6.45, 7) is 0.115. The number of carboxylic acids is 1. The molecule has 0 saturated heterocycles. The first-order chi connectivity index (χ1) is 14.4. The lowest BCUT2D eigenvalue weighted by Crippen LogP contribution is -2.29. The van der Waals surface area contributed by atoms with Gasteiger partial charge in [-0.2, -0.15) is 0 Å². The standard InChI is InChI=1S/C23H23NO5S/c25-23(26)22(29-21-13-6-11-19-10-4-5-12-20(19)21)14-7-16-24-30(27,28)17-15-18-8-2-1-3-9-18/h1-6,8-13,15,17,22,24H,7,14,16H2,(H,25,26). The topological polar surface area (TPSA) is 92.7 Å². The molecule has 7 heteroatoms. The van der Waals surface area contributed by atoms with Gasteiger partial charge in [-0.3, -0.25) is 0 Å². The molecule has 0 aliphatic carbocycles. The first-order valence-corrected chi connectivity index (χ1v) is 11.1. The van der Waals surface area contributed by atoms with Crippen molar-refractivity contribution in [2.75, 3.05) is 6.54 Å². The van der Waals surface area contributed by atoms with E-state index in [1.54, 1.807) is 18.2 Å². The number of fused-ring (bicyclic) bond motifs is 1. The van der Waals surface area contributed by atoms with Crippen LogP contribution in [-0.4, -0.2) is 32.1 Å². The Labute approximate surface area is 175 Å². The molecule has 156 valence electrons. The van der Waals surface area contributed by atoms with Gasteiger partial charge in [-0.15, -0.1) is 0 Å². The van der Waals surface area contributed by atoms with E-state index in [1.165, 1.54) is 6.08 Å². The van der Waals surface area contributed by atoms with Crippen LogP contribution in [0.15, 0.2) is 78.2 Å². The van der Waals surface area contributed by atoms with Gasteiger partial charge in [0.05, 0.1) is 0 Å². The lowest BCUT2D eigenvalue weighted by molar-refractivity contribution is -0.145. The van der Waals surface area contributed by atoms with E-state index in [1.807, 2.05) is 54.6 Å². The van der Waals surface area contributed by atoms with E-state index in [0.29, 0.717) is 12.2 Å². The molecule has 0 aromatic heterocycles. The average Bonchev–Trinajstić information content (AvgIpc) is 2.75. The molecule has 0 saturated carbocycles. The van der Waals surface area contributed by atoms with E-state index in [2.05, 4.69) is 4.72 Å². The molecule has 0 radical (unpaired) electrons. The minimum Gasteiger partial charge on any atom is -0.479 e. The third-order valence-corrected chi connectivity index (χ3v) is 5.58. The van der Waals surface area contributed by atoms with E-state index < -0.39 is 22.1 Å². The van der Waals surface area contributed by atoms with Crippen molar-refractivity contribution in [3.63, 3.8) is 0 Å². The van der Waals surface area contributed by atoms with Gasteiger partial charge in [-0.05, 0) is 35.9 Å². The monoisotopic (exact) mass is 425 g/mol. The number of carboxylic acid groups (broad SMARTS) is 1. The van der Waals surface area contributed by atoms with Gasteiger partial charge in [0.25, 0.3) is 0 Å². The molecule has 3 aromatic rings.